The Morgan fingerprint density at radius 1 is 1.38 bits per heavy atom. The maximum Gasteiger partial charge on any atom is 0.251 e. The summed E-state index contributed by atoms with van der Waals surface area (Å²) in [6.45, 7) is 9.91. The Morgan fingerprint density at radius 2 is 2.12 bits per heavy atom. The van der Waals surface area contributed by atoms with E-state index in [0.717, 1.165) is 31.9 Å². The third-order valence-corrected chi connectivity index (χ3v) is 3.69. The lowest BCUT2D eigenvalue weighted by molar-refractivity contribution is 0.0954. The van der Waals surface area contributed by atoms with E-state index in [2.05, 4.69) is 27.1 Å². The highest BCUT2D eigenvalue weighted by atomic mass is 127. The Balaban J connectivity index is 0.00000625. The number of allylic oxidation sites excluding steroid dienone is 1. The number of benzene rings is 1. The second-order valence-corrected chi connectivity index (χ2v) is 5.81. The molecule has 1 aromatic rings. The fraction of sp³-hybridized carbons (Fsp3) is 0.474. The summed E-state index contributed by atoms with van der Waals surface area (Å²) in [5.74, 6) is 0.141. The number of aliphatic imine (C=N–C) groups is 1. The third-order valence-electron chi connectivity index (χ3n) is 3.69. The molecule has 0 aliphatic heterocycles. The number of guanidine groups is 1. The molecule has 0 saturated carbocycles. The molecule has 2 N–H and O–H groups in total. The van der Waals surface area contributed by atoms with Crippen LogP contribution in [-0.4, -0.2) is 50.0 Å². The lowest BCUT2D eigenvalue weighted by Gasteiger charge is -2.21. The molecule has 0 fully saturated rings. The summed E-state index contributed by atoms with van der Waals surface area (Å²) < 4.78 is 13.5. The van der Waals surface area contributed by atoms with Gasteiger partial charge in [0, 0.05) is 32.2 Å². The van der Waals surface area contributed by atoms with Gasteiger partial charge in [-0.05, 0) is 44.4 Å². The zero-order valence-corrected chi connectivity index (χ0v) is 18.2. The Labute approximate surface area is 173 Å². The highest BCUT2D eigenvalue weighted by molar-refractivity contribution is 14.0. The van der Waals surface area contributed by atoms with Crippen molar-refractivity contribution in [1.29, 1.82) is 0 Å². The number of hydrogen-bond donors (Lipinski definition) is 2. The first-order valence-corrected chi connectivity index (χ1v) is 8.64. The largest absolute Gasteiger partial charge is 0.357 e. The molecule has 0 atom stereocenters. The molecule has 7 heteroatoms. The van der Waals surface area contributed by atoms with Crippen molar-refractivity contribution < 1.29 is 9.18 Å². The second kappa shape index (κ2) is 13.5. The smallest absolute Gasteiger partial charge is 0.251 e. The van der Waals surface area contributed by atoms with Crippen molar-refractivity contribution in [1.82, 2.24) is 15.5 Å². The number of nitrogens with one attached hydrogen (secondary N) is 2. The Hall–Kier alpha value is -1.64. The van der Waals surface area contributed by atoms with E-state index in [1.54, 1.807) is 19.1 Å². The highest BCUT2D eigenvalue weighted by Gasteiger charge is 2.08. The van der Waals surface area contributed by atoms with Crippen LogP contribution in [0.2, 0.25) is 0 Å². The Bertz CT molecular complexity index is 607. The molecule has 0 aromatic heterocycles. The summed E-state index contributed by atoms with van der Waals surface area (Å²) in [6.07, 6.45) is 3.88. The maximum absolute atomic E-state index is 13.5. The normalized spacial score (nSPS) is 10.7. The van der Waals surface area contributed by atoms with Crippen LogP contribution in [0.5, 0.6) is 0 Å². The molecular weight excluding hydrogens is 446 g/mol. The van der Waals surface area contributed by atoms with Gasteiger partial charge in [-0.1, -0.05) is 12.1 Å². The van der Waals surface area contributed by atoms with Gasteiger partial charge in [-0.15, -0.1) is 30.6 Å². The number of carbonyl (C=O) groups is 1. The van der Waals surface area contributed by atoms with Gasteiger partial charge in [0.2, 0.25) is 0 Å². The minimum Gasteiger partial charge on any atom is -0.357 e. The van der Waals surface area contributed by atoms with Gasteiger partial charge in [-0.3, -0.25) is 9.79 Å². The molecule has 0 radical (unpaired) electrons. The number of carbonyl (C=O) groups excluding carboxylic acids is 1. The topological polar surface area (TPSA) is 56.7 Å². The van der Waals surface area contributed by atoms with Crippen LogP contribution in [0, 0.1) is 12.7 Å². The van der Waals surface area contributed by atoms with Gasteiger partial charge in [0.05, 0.1) is 6.54 Å². The first kappa shape index (κ1) is 24.4. The first-order valence-electron chi connectivity index (χ1n) is 8.64. The summed E-state index contributed by atoms with van der Waals surface area (Å²) in [7, 11) is 1.98. The zero-order valence-electron chi connectivity index (χ0n) is 15.8. The molecule has 0 heterocycles. The number of rotatable bonds is 9. The zero-order chi connectivity index (χ0) is 18.7. The molecule has 0 spiro atoms. The molecule has 26 heavy (non-hydrogen) atoms. The van der Waals surface area contributed by atoms with Crippen molar-refractivity contribution in [2.75, 3.05) is 33.2 Å². The monoisotopic (exact) mass is 476 g/mol. The highest BCUT2D eigenvalue weighted by Crippen LogP contribution is 2.08. The molecule has 0 aliphatic carbocycles. The number of aryl methyl sites for hydroxylation is 1. The molecular formula is C19H30FIN4O. The van der Waals surface area contributed by atoms with E-state index in [0.29, 0.717) is 24.2 Å². The van der Waals surface area contributed by atoms with Crippen LogP contribution in [0.1, 0.15) is 35.7 Å². The Morgan fingerprint density at radius 3 is 2.73 bits per heavy atom. The summed E-state index contributed by atoms with van der Waals surface area (Å²) in [4.78, 5) is 18.6. The van der Waals surface area contributed by atoms with E-state index >= 15 is 0 Å². The van der Waals surface area contributed by atoms with Gasteiger partial charge in [0.25, 0.3) is 5.91 Å². The van der Waals surface area contributed by atoms with Crippen LogP contribution in [0.3, 0.4) is 0 Å². The van der Waals surface area contributed by atoms with E-state index in [9.17, 15) is 9.18 Å². The van der Waals surface area contributed by atoms with Crippen LogP contribution in [0.25, 0.3) is 0 Å². The fourth-order valence-electron chi connectivity index (χ4n) is 2.22. The van der Waals surface area contributed by atoms with Crippen molar-refractivity contribution in [3.8, 4) is 0 Å². The lowest BCUT2D eigenvalue weighted by atomic mass is 10.1. The Kier molecular flexibility index (Phi) is 12.7. The molecule has 0 unspecified atom stereocenters. The van der Waals surface area contributed by atoms with Crippen molar-refractivity contribution in [3.63, 3.8) is 0 Å². The number of unbranched alkanes of at least 4 members (excludes halogenated alkanes) is 1. The summed E-state index contributed by atoms with van der Waals surface area (Å²) in [5, 5.41) is 5.99. The van der Waals surface area contributed by atoms with E-state index in [1.165, 1.54) is 6.07 Å². The van der Waals surface area contributed by atoms with Crippen molar-refractivity contribution >= 4 is 35.8 Å². The van der Waals surface area contributed by atoms with Crippen LogP contribution in [0.4, 0.5) is 4.39 Å². The van der Waals surface area contributed by atoms with Crippen LogP contribution in [0.15, 0.2) is 35.8 Å². The quantitative estimate of drug-likeness (QED) is 0.189. The van der Waals surface area contributed by atoms with Crippen molar-refractivity contribution in [2.24, 2.45) is 4.99 Å². The van der Waals surface area contributed by atoms with Crippen LogP contribution >= 0.6 is 24.0 Å². The molecule has 0 bridgehead atoms. The standard InChI is InChI=1S/C19H29FN4O.HI/c1-5-7-8-13-24(4)19(21-6-2)23-12-11-22-18(25)16-10-9-15(3)17(20)14-16;/h5,9-10,14H,1,6-8,11-13H2,2-4H3,(H,21,23)(H,22,25);1H. The second-order valence-electron chi connectivity index (χ2n) is 5.81. The average Bonchev–Trinajstić information content (AvgIpc) is 2.59. The summed E-state index contributed by atoms with van der Waals surface area (Å²) in [6, 6.07) is 4.48. The predicted octanol–water partition coefficient (Wildman–Crippen LogP) is 3.35. The van der Waals surface area contributed by atoms with E-state index in [1.807, 2.05) is 20.0 Å². The maximum atomic E-state index is 13.5. The van der Waals surface area contributed by atoms with Gasteiger partial charge in [0.1, 0.15) is 5.82 Å². The number of halogens is 2. The summed E-state index contributed by atoms with van der Waals surface area (Å²) in [5.41, 5.74) is 0.844. The lowest BCUT2D eigenvalue weighted by Crippen LogP contribution is -2.40. The molecule has 0 saturated heterocycles. The van der Waals surface area contributed by atoms with Crippen LogP contribution < -0.4 is 10.6 Å². The van der Waals surface area contributed by atoms with E-state index in [-0.39, 0.29) is 35.7 Å². The van der Waals surface area contributed by atoms with E-state index in [4.69, 9.17) is 0 Å². The molecule has 1 amide bonds. The number of hydrogen-bond acceptors (Lipinski definition) is 2. The number of amides is 1. The molecule has 146 valence electrons. The van der Waals surface area contributed by atoms with E-state index < -0.39 is 0 Å². The van der Waals surface area contributed by atoms with Gasteiger partial charge in [-0.2, -0.15) is 0 Å². The minimum atomic E-state index is -0.374. The molecule has 5 nitrogen and oxygen atoms in total. The van der Waals surface area contributed by atoms with Crippen molar-refractivity contribution in [2.45, 2.75) is 26.7 Å². The van der Waals surface area contributed by atoms with Gasteiger partial charge < -0.3 is 15.5 Å². The molecule has 0 aliphatic rings. The van der Waals surface area contributed by atoms with Gasteiger partial charge in [0.15, 0.2) is 5.96 Å². The summed E-state index contributed by atoms with van der Waals surface area (Å²) >= 11 is 0. The van der Waals surface area contributed by atoms with Gasteiger partial charge in [-0.25, -0.2) is 4.39 Å². The number of nitrogens with zero attached hydrogens (tertiary/aromatic N) is 2. The minimum absolute atomic E-state index is 0. The average molecular weight is 476 g/mol. The molecule has 1 rings (SSSR count). The first-order chi connectivity index (χ1) is 12.0. The molecule has 1 aromatic carbocycles. The van der Waals surface area contributed by atoms with Gasteiger partial charge >= 0.3 is 0 Å². The third kappa shape index (κ3) is 8.64. The SMILES string of the molecule is C=CCCCN(C)C(=NCCNC(=O)c1ccc(C)c(F)c1)NCC.I. The predicted molar refractivity (Wildman–Crippen MR) is 117 cm³/mol. The van der Waals surface area contributed by atoms with Crippen molar-refractivity contribution in [3.05, 3.63) is 47.8 Å². The fourth-order valence-corrected chi connectivity index (χ4v) is 2.22. The van der Waals surface area contributed by atoms with Crippen LogP contribution in [-0.2, 0) is 0 Å².